The van der Waals surface area contributed by atoms with Gasteiger partial charge in [-0.05, 0) is 36.2 Å². The topological polar surface area (TPSA) is 81.8 Å². The van der Waals surface area contributed by atoms with Crippen LogP contribution in [0.15, 0.2) is 47.6 Å². The fourth-order valence-electron chi connectivity index (χ4n) is 2.26. The Kier molecular flexibility index (Phi) is 6.89. The summed E-state index contributed by atoms with van der Waals surface area (Å²) in [5.74, 6) is 1.91. The monoisotopic (exact) mass is 328 g/mol. The Morgan fingerprint density at radius 2 is 1.96 bits per heavy atom. The minimum absolute atomic E-state index is 0.450. The largest absolute Gasteiger partial charge is 0.493 e. The average molecular weight is 328 g/mol. The third kappa shape index (κ3) is 5.46. The van der Waals surface area contributed by atoms with Crippen molar-refractivity contribution in [1.82, 2.24) is 10.3 Å². The summed E-state index contributed by atoms with van der Waals surface area (Å²) >= 11 is 0. The Morgan fingerprint density at radius 3 is 2.67 bits per heavy atom. The van der Waals surface area contributed by atoms with Gasteiger partial charge in [0, 0.05) is 31.4 Å². The van der Waals surface area contributed by atoms with Gasteiger partial charge in [0.25, 0.3) is 0 Å². The van der Waals surface area contributed by atoms with Crippen molar-refractivity contribution in [2.75, 3.05) is 27.3 Å². The van der Waals surface area contributed by atoms with E-state index in [0.717, 1.165) is 35.6 Å². The Bertz CT molecular complexity index is 659. The van der Waals surface area contributed by atoms with E-state index in [4.69, 9.17) is 15.2 Å². The van der Waals surface area contributed by atoms with Gasteiger partial charge in [0.05, 0.1) is 14.2 Å². The summed E-state index contributed by atoms with van der Waals surface area (Å²) < 4.78 is 10.5. The Hall–Kier alpha value is -2.76. The summed E-state index contributed by atoms with van der Waals surface area (Å²) in [6.07, 6.45) is 3.37. The normalized spacial score (nSPS) is 11.2. The number of nitrogens with zero attached hydrogens (tertiary/aromatic N) is 2. The molecule has 0 bridgehead atoms. The zero-order valence-corrected chi connectivity index (χ0v) is 14.2. The van der Waals surface area contributed by atoms with E-state index in [0.29, 0.717) is 19.0 Å². The zero-order chi connectivity index (χ0) is 17.2. The number of nitrogens with two attached hydrogens (primary N) is 1. The number of rotatable bonds is 8. The lowest BCUT2D eigenvalue weighted by atomic mass is 10.1. The molecule has 0 unspecified atom stereocenters. The van der Waals surface area contributed by atoms with Crippen LogP contribution in [-0.2, 0) is 12.8 Å². The summed E-state index contributed by atoms with van der Waals surface area (Å²) in [5, 5.41) is 3.12. The molecule has 6 nitrogen and oxygen atoms in total. The number of guanidine groups is 1. The minimum atomic E-state index is 0.450. The first-order valence-electron chi connectivity index (χ1n) is 7.87. The third-order valence-corrected chi connectivity index (χ3v) is 3.54. The molecule has 24 heavy (non-hydrogen) atoms. The van der Waals surface area contributed by atoms with E-state index in [1.165, 1.54) is 0 Å². The first-order chi connectivity index (χ1) is 11.7. The molecule has 0 aliphatic rings. The lowest BCUT2D eigenvalue weighted by Gasteiger charge is -2.10. The zero-order valence-electron chi connectivity index (χ0n) is 14.2. The summed E-state index contributed by atoms with van der Waals surface area (Å²) in [4.78, 5) is 8.57. The molecule has 2 aromatic rings. The van der Waals surface area contributed by atoms with Crippen molar-refractivity contribution in [3.63, 3.8) is 0 Å². The number of hydrogen-bond acceptors (Lipinski definition) is 4. The number of nitrogens with one attached hydrogen (secondary N) is 1. The second kappa shape index (κ2) is 9.39. The highest BCUT2D eigenvalue weighted by Gasteiger charge is 2.04. The number of aromatic nitrogens is 1. The fraction of sp³-hybridized carbons (Fsp3) is 0.333. The van der Waals surface area contributed by atoms with Crippen LogP contribution in [0.25, 0.3) is 0 Å². The van der Waals surface area contributed by atoms with Crippen LogP contribution in [0.4, 0.5) is 0 Å². The molecule has 1 heterocycles. The van der Waals surface area contributed by atoms with Crippen molar-refractivity contribution in [3.8, 4) is 11.5 Å². The molecular formula is C18H24N4O2. The van der Waals surface area contributed by atoms with Crippen LogP contribution in [0.1, 0.15) is 11.3 Å². The number of ether oxygens (including phenoxy) is 2. The van der Waals surface area contributed by atoms with Crippen LogP contribution < -0.4 is 20.5 Å². The summed E-state index contributed by atoms with van der Waals surface area (Å²) in [7, 11) is 3.26. The number of methoxy groups -OCH3 is 2. The van der Waals surface area contributed by atoms with Gasteiger partial charge >= 0.3 is 0 Å². The fourth-order valence-corrected chi connectivity index (χ4v) is 2.26. The molecule has 0 spiro atoms. The highest BCUT2D eigenvalue weighted by molar-refractivity contribution is 5.77. The molecular weight excluding hydrogens is 304 g/mol. The molecule has 3 N–H and O–H groups in total. The van der Waals surface area contributed by atoms with Crippen LogP contribution in [-0.4, -0.2) is 38.3 Å². The maximum atomic E-state index is 5.88. The van der Waals surface area contributed by atoms with Crippen molar-refractivity contribution in [2.24, 2.45) is 10.7 Å². The van der Waals surface area contributed by atoms with Crippen molar-refractivity contribution in [2.45, 2.75) is 12.8 Å². The molecule has 0 saturated carbocycles. The molecule has 0 amide bonds. The first-order valence-corrected chi connectivity index (χ1v) is 7.87. The second-order valence-electron chi connectivity index (χ2n) is 5.20. The van der Waals surface area contributed by atoms with Gasteiger partial charge in [-0.15, -0.1) is 0 Å². The van der Waals surface area contributed by atoms with E-state index in [1.54, 1.807) is 20.4 Å². The Labute approximate surface area is 142 Å². The second-order valence-corrected chi connectivity index (χ2v) is 5.20. The van der Waals surface area contributed by atoms with Gasteiger partial charge in [-0.1, -0.05) is 12.1 Å². The molecule has 128 valence electrons. The summed E-state index contributed by atoms with van der Waals surface area (Å²) in [6, 6.07) is 11.7. The predicted octanol–water partition coefficient (Wildman–Crippen LogP) is 1.79. The van der Waals surface area contributed by atoms with Gasteiger partial charge in [-0.2, -0.15) is 0 Å². The smallest absolute Gasteiger partial charge is 0.188 e. The summed E-state index contributed by atoms with van der Waals surface area (Å²) in [6.45, 7) is 1.32. The lowest BCUT2D eigenvalue weighted by Crippen LogP contribution is -2.33. The van der Waals surface area contributed by atoms with Crippen molar-refractivity contribution in [1.29, 1.82) is 0 Å². The highest BCUT2D eigenvalue weighted by Crippen LogP contribution is 2.27. The quantitative estimate of drug-likeness (QED) is 0.570. The van der Waals surface area contributed by atoms with Gasteiger partial charge in [0.1, 0.15) is 0 Å². The molecule has 0 aliphatic carbocycles. The maximum Gasteiger partial charge on any atom is 0.188 e. The van der Waals surface area contributed by atoms with Crippen LogP contribution >= 0.6 is 0 Å². The van der Waals surface area contributed by atoms with E-state index < -0.39 is 0 Å². The SMILES string of the molecule is COc1ccc(CCNC(N)=NCCc2ccccn2)cc1OC. The minimum Gasteiger partial charge on any atom is -0.493 e. The number of aliphatic imine (C=N–C) groups is 1. The van der Waals surface area contributed by atoms with E-state index in [9.17, 15) is 0 Å². The van der Waals surface area contributed by atoms with Gasteiger partial charge in [0.15, 0.2) is 17.5 Å². The first kappa shape index (κ1) is 17.6. The van der Waals surface area contributed by atoms with Gasteiger partial charge in [0.2, 0.25) is 0 Å². The molecule has 0 fully saturated rings. The van der Waals surface area contributed by atoms with Crippen molar-refractivity contribution >= 4 is 5.96 Å². The van der Waals surface area contributed by atoms with E-state index >= 15 is 0 Å². The molecule has 0 saturated heterocycles. The number of hydrogen-bond donors (Lipinski definition) is 2. The third-order valence-electron chi connectivity index (χ3n) is 3.54. The molecule has 0 radical (unpaired) electrons. The standard InChI is InChI=1S/C18H24N4O2/c1-23-16-7-6-14(13-17(16)24-2)8-11-21-18(19)22-12-9-15-5-3-4-10-20-15/h3-7,10,13H,8-9,11-12H2,1-2H3,(H3,19,21,22). The number of pyridine rings is 1. The van der Waals surface area contributed by atoms with Crippen molar-refractivity contribution in [3.05, 3.63) is 53.9 Å². The van der Waals surface area contributed by atoms with Crippen LogP contribution in [0.5, 0.6) is 11.5 Å². The van der Waals surface area contributed by atoms with E-state index in [2.05, 4.69) is 15.3 Å². The molecule has 1 aromatic heterocycles. The maximum absolute atomic E-state index is 5.88. The van der Waals surface area contributed by atoms with E-state index in [1.807, 2.05) is 36.4 Å². The van der Waals surface area contributed by atoms with Crippen LogP contribution in [0.3, 0.4) is 0 Å². The summed E-state index contributed by atoms with van der Waals surface area (Å²) in [5.41, 5.74) is 8.03. The molecule has 0 atom stereocenters. The van der Waals surface area contributed by atoms with E-state index in [-0.39, 0.29) is 0 Å². The Morgan fingerprint density at radius 1 is 1.12 bits per heavy atom. The lowest BCUT2D eigenvalue weighted by molar-refractivity contribution is 0.354. The molecule has 2 rings (SSSR count). The van der Waals surface area contributed by atoms with Crippen molar-refractivity contribution < 1.29 is 9.47 Å². The molecule has 1 aromatic carbocycles. The average Bonchev–Trinajstić information content (AvgIpc) is 2.62. The van der Waals surface area contributed by atoms with Gasteiger partial charge in [-0.3, -0.25) is 9.98 Å². The van der Waals surface area contributed by atoms with Gasteiger partial charge in [-0.25, -0.2) is 0 Å². The van der Waals surface area contributed by atoms with Gasteiger partial charge < -0.3 is 20.5 Å². The van der Waals surface area contributed by atoms with Crippen LogP contribution in [0.2, 0.25) is 0 Å². The highest BCUT2D eigenvalue weighted by atomic mass is 16.5. The molecule has 6 heteroatoms. The molecule has 0 aliphatic heterocycles. The van der Waals surface area contributed by atoms with Crippen LogP contribution in [0, 0.1) is 0 Å². The Balaban J connectivity index is 1.75. The predicted molar refractivity (Wildman–Crippen MR) is 95.7 cm³/mol. The number of benzene rings is 1.